The zero-order chi connectivity index (χ0) is 18.4. The van der Waals surface area contributed by atoms with Crippen molar-refractivity contribution in [2.75, 3.05) is 6.54 Å². The van der Waals surface area contributed by atoms with Crippen LogP contribution in [0.3, 0.4) is 0 Å². The number of amides is 1. The summed E-state index contributed by atoms with van der Waals surface area (Å²) in [6.45, 7) is 1.30. The van der Waals surface area contributed by atoms with Crippen LogP contribution in [0.1, 0.15) is 37.7 Å². The Balaban J connectivity index is 1.35. The summed E-state index contributed by atoms with van der Waals surface area (Å²) in [5.41, 5.74) is 1.75. The largest absolute Gasteiger partial charge is 0.389 e. The fourth-order valence-corrected chi connectivity index (χ4v) is 3.67. The van der Waals surface area contributed by atoms with Crippen LogP contribution in [-0.4, -0.2) is 29.8 Å². The molecule has 5 heteroatoms. The summed E-state index contributed by atoms with van der Waals surface area (Å²) in [6.07, 6.45) is 9.66. The van der Waals surface area contributed by atoms with Crippen molar-refractivity contribution < 1.29 is 14.6 Å². The number of ether oxygens (including phenoxy) is 1. The molecule has 0 heterocycles. The average molecular weight is 376 g/mol. The number of aliphatic hydroxyl groups excluding tert-OH is 1. The zero-order valence-electron chi connectivity index (χ0n) is 14.9. The van der Waals surface area contributed by atoms with E-state index in [1.165, 1.54) is 0 Å². The Bertz CT molecular complexity index is 678. The lowest BCUT2D eigenvalue weighted by Crippen LogP contribution is -2.33. The van der Waals surface area contributed by atoms with Crippen molar-refractivity contribution >= 4 is 17.5 Å². The van der Waals surface area contributed by atoms with Gasteiger partial charge in [-0.25, -0.2) is 0 Å². The van der Waals surface area contributed by atoms with E-state index in [1.807, 2.05) is 24.3 Å². The monoisotopic (exact) mass is 375 g/mol. The first-order valence-corrected chi connectivity index (χ1v) is 9.68. The third-order valence-electron chi connectivity index (χ3n) is 5.06. The van der Waals surface area contributed by atoms with Crippen molar-refractivity contribution in [1.29, 1.82) is 0 Å². The van der Waals surface area contributed by atoms with E-state index >= 15 is 0 Å². The fraction of sp³-hybridized carbons (Fsp3) is 0.476. The Morgan fingerprint density at radius 1 is 1.27 bits per heavy atom. The molecule has 1 amide bonds. The quantitative estimate of drug-likeness (QED) is 0.795. The molecule has 4 nitrogen and oxygen atoms in total. The van der Waals surface area contributed by atoms with Gasteiger partial charge in [-0.3, -0.25) is 4.79 Å². The van der Waals surface area contributed by atoms with E-state index in [0.717, 1.165) is 36.3 Å². The van der Waals surface area contributed by atoms with Crippen LogP contribution < -0.4 is 5.32 Å². The highest BCUT2D eigenvalue weighted by Crippen LogP contribution is 2.27. The lowest BCUT2D eigenvalue weighted by Gasteiger charge is -2.28. The smallest absolute Gasteiger partial charge is 0.250 e. The maximum Gasteiger partial charge on any atom is 0.250 e. The highest BCUT2D eigenvalue weighted by Gasteiger charge is 2.22. The zero-order valence-corrected chi connectivity index (χ0v) is 15.6. The molecule has 1 fully saturated rings. The number of carbonyl (C=O) groups is 1. The van der Waals surface area contributed by atoms with Crippen molar-refractivity contribution in [3.63, 3.8) is 0 Å². The van der Waals surface area contributed by atoms with Gasteiger partial charge in [0.2, 0.25) is 0 Å². The minimum atomic E-state index is -0.464. The Morgan fingerprint density at radius 3 is 2.77 bits per heavy atom. The van der Waals surface area contributed by atoms with Gasteiger partial charge in [0.25, 0.3) is 5.91 Å². The first-order chi connectivity index (χ1) is 12.6. The van der Waals surface area contributed by atoms with Gasteiger partial charge in [-0.1, -0.05) is 42.0 Å². The molecule has 0 bridgehead atoms. The second kappa shape index (κ2) is 9.36. The van der Waals surface area contributed by atoms with Gasteiger partial charge in [0.15, 0.2) is 0 Å². The number of hydrogen-bond donors (Lipinski definition) is 2. The molecule has 2 aliphatic rings. The molecule has 1 aromatic rings. The second-order valence-electron chi connectivity index (χ2n) is 7.12. The minimum absolute atomic E-state index is 0.0486. The number of rotatable bonds is 6. The van der Waals surface area contributed by atoms with E-state index in [1.54, 1.807) is 18.2 Å². The minimum Gasteiger partial charge on any atom is -0.389 e. The lowest BCUT2D eigenvalue weighted by molar-refractivity contribution is -0.117. The van der Waals surface area contributed by atoms with E-state index < -0.39 is 6.10 Å². The summed E-state index contributed by atoms with van der Waals surface area (Å²) < 4.78 is 6.02. The van der Waals surface area contributed by atoms with Crippen LogP contribution in [0.2, 0.25) is 5.02 Å². The number of carbonyl (C=O) groups excluding carboxylic acids is 1. The number of aliphatic hydroxyl groups is 1. The van der Waals surface area contributed by atoms with Crippen LogP contribution >= 0.6 is 11.6 Å². The molecule has 1 unspecified atom stereocenters. The van der Waals surface area contributed by atoms with Gasteiger partial charge in [-0.15, -0.1) is 0 Å². The molecule has 2 aliphatic carbocycles. The van der Waals surface area contributed by atoms with E-state index in [9.17, 15) is 9.90 Å². The summed E-state index contributed by atoms with van der Waals surface area (Å²) in [6, 6.07) is 7.78. The molecular weight excluding hydrogens is 350 g/mol. The summed E-state index contributed by atoms with van der Waals surface area (Å²) in [7, 11) is 0. The Hall–Kier alpha value is -1.62. The first kappa shape index (κ1) is 19.2. The van der Waals surface area contributed by atoms with Gasteiger partial charge in [0, 0.05) is 17.1 Å². The predicted octanol–water partition coefficient (Wildman–Crippen LogP) is 3.78. The van der Waals surface area contributed by atoms with Crippen molar-refractivity contribution in [2.24, 2.45) is 5.92 Å². The number of nitrogens with one attached hydrogen (secondary N) is 1. The predicted molar refractivity (Wildman–Crippen MR) is 103 cm³/mol. The SMILES string of the molecule is O=C(NCC1CCC(OCc2cccc(Cl)c2)CC1)C1=CCC(O)C=C1. The number of benzene rings is 1. The van der Waals surface area contributed by atoms with Crippen molar-refractivity contribution in [3.8, 4) is 0 Å². The molecule has 0 aromatic heterocycles. The van der Waals surface area contributed by atoms with Crippen LogP contribution in [0.15, 0.2) is 48.1 Å². The summed E-state index contributed by atoms with van der Waals surface area (Å²) >= 11 is 6.00. The second-order valence-corrected chi connectivity index (χ2v) is 7.55. The Morgan fingerprint density at radius 2 is 2.08 bits per heavy atom. The van der Waals surface area contributed by atoms with Crippen LogP contribution in [0.5, 0.6) is 0 Å². The standard InChI is InChI=1S/C21H26ClNO3/c22-18-3-1-2-16(12-18)14-26-20-10-4-15(5-11-20)13-23-21(25)17-6-8-19(24)9-7-17/h1-3,6-8,12,15,19-20,24H,4-5,9-11,13-14H2,(H,23,25). The van der Waals surface area contributed by atoms with Crippen molar-refractivity contribution in [1.82, 2.24) is 5.32 Å². The lowest BCUT2D eigenvalue weighted by atomic mass is 9.87. The average Bonchev–Trinajstić information content (AvgIpc) is 2.66. The van der Waals surface area contributed by atoms with Gasteiger partial charge in [-0.2, -0.15) is 0 Å². The van der Waals surface area contributed by atoms with Gasteiger partial charge >= 0.3 is 0 Å². The summed E-state index contributed by atoms with van der Waals surface area (Å²) in [5, 5.41) is 13.2. The molecule has 0 saturated heterocycles. The fourth-order valence-electron chi connectivity index (χ4n) is 3.46. The molecule has 2 N–H and O–H groups in total. The maximum absolute atomic E-state index is 12.2. The van der Waals surface area contributed by atoms with E-state index in [4.69, 9.17) is 16.3 Å². The van der Waals surface area contributed by atoms with Crippen LogP contribution in [0.25, 0.3) is 0 Å². The van der Waals surface area contributed by atoms with E-state index in [2.05, 4.69) is 5.32 Å². The maximum atomic E-state index is 12.2. The molecule has 1 atom stereocenters. The Labute approximate surface area is 159 Å². The van der Waals surface area contributed by atoms with Gasteiger partial charge in [-0.05, 0) is 55.7 Å². The van der Waals surface area contributed by atoms with Crippen LogP contribution in [0, 0.1) is 5.92 Å². The summed E-state index contributed by atoms with van der Waals surface area (Å²) in [4.78, 5) is 12.2. The van der Waals surface area contributed by atoms with Crippen molar-refractivity contribution in [2.45, 2.75) is 50.9 Å². The first-order valence-electron chi connectivity index (χ1n) is 9.31. The van der Waals surface area contributed by atoms with Gasteiger partial charge < -0.3 is 15.2 Å². The number of halogens is 1. The molecule has 0 spiro atoms. The highest BCUT2D eigenvalue weighted by atomic mass is 35.5. The van der Waals surface area contributed by atoms with Crippen LogP contribution in [-0.2, 0) is 16.1 Å². The third kappa shape index (κ3) is 5.70. The van der Waals surface area contributed by atoms with Gasteiger partial charge in [0.1, 0.15) is 0 Å². The summed E-state index contributed by atoms with van der Waals surface area (Å²) in [5.74, 6) is 0.455. The van der Waals surface area contributed by atoms with Gasteiger partial charge in [0.05, 0.1) is 18.8 Å². The van der Waals surface area contributed by atoms with E-state index in [-0.39, 0.29) is 12.0 Å². The molecule has 1 aromatic carbocycles. The van der Waals surface area contributed by atoms with Crippen LogP contribution in [0.4, 0.5) is 0 Å². The topological polar surface area (TPSA) is 58.6 Å². The van der Waals surface area contributed by atoms with E-state index in [0.29, 0.717) is 31.1 Å². The third-order valence-corrected chi connectivity index (χ3v) is 5.29. The molecular formula is C21H26ClNO3. The molecule has 26 heavy (non-hydrogen) atoms. The Kier molecular flexibility index (Phi) is 6.89. The molecule has 3 rings (SSSR count). The van der Waals surface area contributed by atoms with Crippen molar-refractivity contribution in [3.05, 3.63) is 58.7 Å². The number of hydrogen-bond acceptors (Lipinski definition) is 3. The normalized spacial score (nSPS) is 25.6. The molecule has 1 saturated carbocycles. The molecule has 0 aliphatic heterocycles. The highest BCUT2D eigenvalue weighted by molar-refractivity contribution is 6.30. The molecule has 140 valence electrons. The molecule has 0 radical (unpaired) electrons.